The van der Waals surface area contributed by atoms with Crippen LogP contribution < -0.4 is 5.43 Å². The zero-order valence-corrected chi connectivity index (χ0v) is 19.0. The average Bonchev–Trinajstić information content (AvgIpc) is 2.86. The summed E-state index contributed by atoms with van der Waals surface area (Å²) in [5.41, 5.74) is 1.25. The average molecular weight is 480 g/mol. The quantitative estimate of drug-likeness (QED) is 0.422. The van der Waals surface area contributed by atoms with E-state index in [9.17, 15) is 22.4 Å². The maximum absolute atomic E-state index is 14.1. The van der Waals surface area contributed by atoms with E-state index >= 15 is 0 Å². The summed E-state index contributed by atoms with van der Waals surface area (Å²) in [6.07, 6.45) is 0. The lowest BCUT2D eigenvalue weighted by molar-refractivity contribution is -0.132. The van der Waals surface area contributed by atoms with Crippen molar-refractivity contribution in [3.8, 4) is 0 Å². The van der Waals surface area contributed by atoms with Crippen molar-refractivity contribution < 1.29 is 17.6 Å². The van der Waals surface area contributed by atoms with Gasteiger partial charge in [0.1, 0.15) is 17.3 Å². The summed E-state index contributed by atoms with van der Waals surface area (Å²) < 4.78 is 42.8. The minimum atomic E-state index is -3.98. The maximum atomic E-state index is 14.1. The SMILES string of the molecule is O=C(Cn1c2ccccc2c(=O)c2ccccc21)N1CCN(S(=O)(=O)c2ccccc2F)CC1. The van der Waals surface area contributed by atoms with Gasteiger partial charge in [-0.3, -0.25) is 9.59 Å². The van der Waals surface area contributed by atoms with Crippen molar-refractivity contribution in [3.05, 3.63) is 88.8 Å². The van der Waals surface area contributed by atoms with E-state index in [2.05, 4.69) is 0 Å². The van der Waals surface area contributed by atoms with Crippen LogP contribution in [0, 0.1) is 5.82 Å². The molecule has 34 heavy (non-hydrogen) atoms. The second kappa shape index (κ2) is 8.66. The van der Waals surface area contributed by atoms with Crippen LogP contribution in [0.3, 0.4) is 0 Å². The zero-order valence-electron chi connectivity index (χ0n) is 18.2. The molecule has 0 atom stereocenters. The minimum Gasteiger partial charge on any atom is -0.339 e. The van der Waals surface area contributed by atoms with Crippen molar-refractivity contribution in [1.82, 2.24) is 13.8 Å². The fourth-order valence-corrected chi connectivity index (χ4v) is 5.94. The van der Waals surface area contributed by atoms with E-state index in [1.54, 1.807) is 29.2 Å². The number of nitrogens with zero attached hydrogens (tertiary/aromatic N) is 3. The molecule has 0 saturated carbocycles. The highest BCUT2D eigenvalue weighted by Gasteiger charge is 2.32. The number of carbonyl (C=O) groups excluding carboxylic acids is 1. The Labute approximate surface area is 195 Å². The fraction of sp³-hybridized carbons (Fsp3) is 0.200. The van der Waals surface area contributed by atoms with Crippen LogP contribution in [0.25, 0.3) is 21.8 Å². The molecular formula is C25H22FN3O4S. The van der Waals surface area contributed by atoms with Gasteiger partial charge < -0.3 is 9.47 Å². The summed E-state index contributed by atoms with van der Waals surface area (Å²) in [6.45, 7) is 0.564. The number of aromatic nitrogens is 1. The molecule has 1 aliphatic rings. The Kier molecular flexibility index (Phi) is 5.66. The number of benzene rings is 3. The topological polar surface area (TPSA) is 79.7 Å². The predicted molar refractivity (Wildman–Crippen MR) is 127 cm³/mol. The third-order valence-electron chi connectivity index (χ3n) is 6.22. The Balaban J connectivity index is 1.39. The van der Waals surface area contributed by atoms with Gasteiger partial charge in [0.15, 0.2) is 5.43 Å². The van der Waals surface area contributed by atoms with Crippen LogP contribution >= 0.6 is 0 Å². The first kappa shape index (κ1) is 22.2. The van der Waals surface area contributed by atoms with E-state index in [-0.39, 0.29) is 49.0 Å². The summed E-state index contributed by atoms with van der Waals surface area (Å²) in [6, 6.07) is 19.6. The van der Waals surface area contributed by atoms with E-state index in [0.717, 1.165) is 6.07 Å². The zero-order chi connectivity index (χ0) is 23.9. The number of piperazine rings is 1. The molecule has 0 N–H and O–H groups in total. The first-order valence-corrected chi connectivity index (χ1v) is 12.3. The molecule has 1 fully saturated rings. The molecule has 3 aromatic carbocycles. The Morgan fingerprint density at radius 1 is 0.794 bits per heavy atom. The first-order valence-electron chi connectivity index (χ1n) is 10.9. The van der Waals surface area contributed by atoms with Gasteiger partial charge in [0.05, 0.1) is 11.0 Å². The summed E-state index contributed by atoms with van der Waals surface area (Å²) >= 11 is 0. The number of para-hydroxylation sites is 2. The van der Waals surface area contributed by atoms with E-state index < -0.39 is 15.8 Å². The van der Waals surface area contributed by atoms with Crippen molar-refractivity contribution in [1.29, 1.82) is 0 Å². The summed E-state index contributed by atoms with van der Waals surface area (Å²) in [4.78, 5) is 27.4. The number of sulfonamides is 1. The van der Waals surface area contributed by atoms with Crippen LogP contribution in [-0.4, -0.2) is 54.3 Å². The molecule has 1 amide bonds. The summed E-state index contributed by atoms with van der Waals surface area (Å²) in [7, 11) is -3.98. The second-order valence-corrected chi connectivity index (χ2v) is 10.1. The highest BCUT2D eigenvalue weighted by molar-refractivity contribution is 7.89. The van der Waals surface area contributed by atoms with Crippen molar-refractivity contribution in [3.63, 3.8) is 0 Å². The number of hydrogen-bond donors (Lipinski definition) is 0. The molecule has 2 heterocycles. The monoisotopic (exact) mass is 479 g/mol. The van der Waals surface area contributed by atoms with Gasteiger partial charge in [-0.25, -0.2) is 12.8 Å². The fourth-order valence-electron chi connectivity index (χ4n) is 4.45. The molecule has 1 aliphatic heterocycles. The molecule has 174 valence electrons. The molecule has 9 heteroatoms. The predicted octanol–water partition coefficient (Wildman–Crippen LogP) is 2.83. The number of halogens is 1. The first-order chi connectivity index (χ1) is 16.4. The van der Waals surface area contributed by atoms with Crippen molar-refractivity contribution in [2.24, 2.45) is 0 Å². The van der Waals surface area contributed by atoms with Gasteiger partial charge in [-0.1, -0.05) is 36.4 Å². The molecule has 0 bridgehead atoms. The van der Waals surface area contributed by atoms with Crippen LogP contribution in [-0.2, 0) is 21.4 Å². The van der Waals surface area contributed by atoms with Crippen LogP contribution in [0.2, 0.25) is 0 Å². The second-order valence-electron chi connectivity index (χ2n) is 8.16. The van der Waals surface area contributed by atoms with Gasteiger partial charge in [-0.05, 0) is 36.4 Å². The normalized spacial score (nSPS) is 15.1. The number of hydrogen-bond acceptors (Lipinski definition) is 4. The molecular weight excluding hydrogens is 457 g/mol. The van der Waals surface area contributed by atoms with E-state index in [4.69, 9.17) is 0 Å². The van der Waals surface area contributed by atoms with E-state index in [1.165, 1.54) is 22.5 Å². The lowest BCUT2D eigenvalue weighted by Gasteiger charge is -2.34. The van der Waals surface area contributed by atoms with Gasteiger partial charge >= 0.3 is 0 Å². The number of carbonyl (C=O) groups is 1. The Hall–Kier alpha value is -3.56. The molecule has 5 rings (SSSR count). The third-order valence-corrected chi connectivity index (χ3v) is 8.15. The standard InChI is InChI=1S/C25H22FN3O4S/c26-20-9-3-6-12-23(20)34(32,33)28-15-13-27(14-16-28)24(30)17-29-21-10-4-1-7-18(21)25(31)19-8-2-5-11-22(19)29/h1-12H,13-17H2. The summed E-state index contributed by atoms with van der Waals surface area (Å²) in [5, 5.41) is 1.07. The number of rotatable bonds is 4. The number of fused-ring (bicyclic) bond motifs is 2. The molecule has 4 aromatic rings. The molecule has 1 aromatic heterocycles. The van der Waals surface area contributed by atoms with E-state index in [1.807, 2.05) is 28.8 Å². The molecule has 0 radical (unpaired) electrons. The maximum Gasteiger partial charge on any atom is 0.246 e. The number of pyridine rings is 1. The van der Waals surface area contributed by atoms with Crippen molar-refractivity contribution in [2.75, 3.05) is 26.2 Å². The molecule has 0 unspecified atom stereocenters. The van der Waals surface area contributed by atoms with Gasteiger partial charge in [0.2, 0.25) is 15.9 Å². The minimum absolute atomic E-state index is 0.0152. The van der Waals surface area contributed by atoms with E-state index in [0.29, 0.717) is 21.8 Å². The Morgan fingerprint density at radius 2 is 1.32 bits per heavy atom. The highest BCUT2D eigenvalue weighted by Crippen LogP contribution is 2.22. The van der Waals surface area contributed by atoms with Crippen molar-refractivity contribution >= 4 is 37.7 Å². The molecule has 7 nitrogen and oxygen atoms in total. The van der Waals surface area contributed by atoms with Gasteiger partial charge in [0, 0.05) is 37.0 Å². The largest absolute Gasteiger partial charge is 0.339 e. The Morgan fingerprint density at radius 3 is 1.91 bits per heavy atom. The lowest BCUT2D eigenvalue weighted by atomic mass is 10.1. The van der Waals surface area contributed by atoms with Gasteiger partial charge in [-0.15, -0.1) is 0 Å². The van der Waals surface area contributed by atoms with Crippen LogP contribution in [0.5, 0.6) is 0 Å². The highest BCUT2D eigenvalue weighted by atomic mass is 32.2. The molecule has 0 aliphatic carbocycles. The Bertz CT molecular complexity index is 1510. The molecule has 1 saturated heterocycles. The van der Waals surface area contributed by atoms with Gasteiger partial charge in [0.25, 0.3) is 0 Å². The number of amides is 1. The smallest absolute Gasteiger partial charge is 0.246 e. The summed E-state index contributed by atoms with van der Waals surface area (Å²) in [5.74, 6) is -0.972. The molecule has 0 spiro atoms. The van der Waals surface area contributed by atoms with Crippen molar-refractivity contribution in [2.45, 2.75) is 11.4 Å². The van der Waals surface area contributed by atoms with Crippen LogP contribution in [0.1, 0.15) is 0 Å². The van der Waals surface area contributed by atoms with Gasteiger partial charge in [-0.2, -0.15) is 4.31 Å². The van der Waals surface area contributed by atoms with Crippen LogP contribution in [0.15, 0.2) is 82.5 Å². The lowest BCUT2D eigenvalue weighted by Crippen LogP contribution is -2.51. The third kappa shape index (κ3) is 3.76. The van der Waals surface area contributed by atoms with Crippen LogP contribution in [0.4, 0.5) is 4.39 Å².